The van der Waals surface area contributed by atoms with E-state index in [4.69, 9.17) is 9.47 Å². The van der Waals surface area contributed by atoms with Crippen LogP contribution in [0.2, 0.25) is 0 Å². The maximum Gasteiger partial charge on any atom is 0.319 e. The van der Waals surface area contributed by atoms with Crippen LogP contribution in [0.3, 0.4) is 0 Å². The second-order valence-electron chi connectivity index (χ2n) is 6.14. The first-order valence-corrected chi connectivity index (χ1v) is 9.29. The molecule has 1 aliphatic heterocycles. The molecule has 28 heavy (non-hydrogen) atoms. The first-order chi connectivity index (χ1) is 13.4. The molecule has 1 aliphatic rings. The van der Waals surface area contributed by atoms with E-state index in [1.165, 1.54) is 7.11 Å². The first-order valence-electron chi connectivity index (χ1n) is 8.50. The van der Waals surface area contributed by atoms with Crippen molar-refractivity contribution in [3.8, 4) is 11.5 Å². The molecule has 0 saturated heterocycles. The van der Waals surface area contributed by atoms with E-state index < -0.39 is 12.1 Å². The van der Waals surface area contributed by atoms with Crippen molar-refractivity contribution in [2.24, 2.45) is 0 Å². The number of urea groups is 1. The Kier molecular flexibility index (Phi) is 5.89. The minimum absolute atomic E-state index is 0.331. The highest BCUT2D eigenvalue weighted by atomic mass is 79.9. The largest absolute Gasteiger partial charge is 0.497 e. The Hall–Kier alpha value is -3.00. The zero-order chi connectivity index (χ0) is 20.3. The van der Waals surface area contributed by atoms with E-state index in [0.717, 1.165) is 4.47 Å². The van der Waals surface area contributed by atoms with Gasteiger partial charge in [0.05, 0.1) is 25.8 Å². The topological polar surface area (TPSA) is 88.7 Å². The van der Waals surface area contributed by atoms with Crippen molar-refractivity contribution in [3.63, 3.8) is 0 Å². The fourth-order valence-corrected chi connectivity index (χ4v) is 3.29. The second kappa shape index (κ2) is 8.35. The van der Waals surface area contributed by atoms with Crippen LogP contribution < -0.4 is 25.4 Å². The van der Waals surface area contributed by atoms with E-state index >= 15 is 0 Å². The summed E-state index contributed by atoms with van der Waals surface area (Å²) in [5.74, 6) is 0.797. The molecule has 0 radical (unpaired) electrons. The smallest absolute Gasteiger partial charge is 0.319 e. The highest BCUT2D eigenvalue weighted by molar-refractivity contribution is 9.10. The van der Waals surface area contributed by atoms with E-state index in [-0.39, 0.29) is 5.91 Å². The predicted octanol–water partition coefficient (Wildman–Crippen LogP) is 3.73. The van der Waals surface area contributed by atoms with Crippen molar-refractivity contribution in [2.75, 3.05) is 19.5 Å². The Labute approximate surface area is 171 Å². The van der Waals surface area contributed by atoms with Gasteiger partial charge < -0.3 is 25.4 Å². The lowest BCUT2D eigenvalue weighted by Crippen LogP contribution is -2.46. The molecule has 146 valence electrons. The fraction of sp³-hybridized carbons (Fsp3) is 0.200. The van der Waals surface area contributed by atoms with Crippen molar-refractivity contribution >= 4 is 33.6 Å². The number of benzene rings is 2. The maximum absolute atomic E-state index is 13.1. The highest BCUT2D eigenvalue weighted by Gasteiger charge is 2.33. The molecule has 2 aromatic rings. The molecule has 3 rings (SSSR count). The Morgan fingerprint density at radius 2 is 1.82 bits per heavy atom. The summed E-state index contributed by atoms with van der Waals surface area (Å²) in [5, 5.41) is 8.33. The first kappa shape index (κ1) is 19.8. The Bertz CT molecular complexity index is 941. The Morgan fingerprint density at radius 3 is 2.46 bits per heavy atom. The molecule has 0 saturated carbocycles. The number of allylic oxidation sites excluding steroid dienone is 1. The van der Waals surface area contributed by atoms with Crippen molar-refractivity contribution in [2.45, 2.75) is 13.0 Å². The van der Waals surface area contributed by atoms with Crippen LogP contribution in [0.25, 0.3) is 0 Å². The maximum atomic E-state index is 13.1. The van der Waals surface area contributed by atoms with E-state index in [2.05, 4.69) is 31.9 Å². The van der Waals surface area contributed by atoms with Gasteiger partial charge in [-0.3, -0.25) is 4.79 Å². The third-order valence-electron chi connectivity index (χ3n) is 4.36. The number of hydrogen-bond donors (Lipinski definition) is 3. The number of hydrogen-bond acceptors (Lipinski definition) is 4. The van der Waals surface area contributed by atoms with Crippen molar-refractivity contribution in [1.82, 2.24) is 10.6 Å². The molecule has 0 aliphatic carbocycles. The summed E-state index contributed by atoms with van der Waals surface area (Å²) in [7, 11) is 3.08. The zero-order valence-corrected chi connectivity index (χ0v) is 17.2. The normalized spacial score (nSPS) is 16.1. The average molecular weight is 446 g/mol. The lowest BCUT2D eigenvalue weighted by atomic mass is 9.93. The SMILES string of the molecule is COc1ccc(OC)c([C@@H]2NC(=O)NC(C)=C2C(=O)Nc2ccc(Br)cc2)c1. The third-order valence-corrected chi connectivity index (χ3v) is 4.89. The van der Waals surface area contributed by atoms with Gasteiger partial charge in [-0.05, 0) is 49.4 Å². The van der Waals surface area contributed by atoms with Gasteiger partial charge in [0.1, 0.15) is 11.5 Å². The van der Waals surface area contributed by atoms with Gasteiger partial charge in [0.25, 0.3) is 5.91 Å². The molecular formula is C20H20BrN3O4. The van der Waals surface area contributed by atoms with Gasteiger partial charge in [0.15, 0.2) is 0 Å². The van der Waals surface area contributed by atoms with Gasteiger partial charge in [-0.15, -0.1) is 0 Å². The highest BCUT2D eigenvalue weighted by Crippen LogP contribution is 2.35. The molecule has 8 heteroatoms. The number of anilines is 1. The van der Waals surface area contributed by atoms with Crippen molar-refractivity contribution in [1.29, 1.82) is 0 Å². The van der Waals surface area contributed by atoms with E-state index in [0.29, 0.717) is 34.0 Å². The molecule has 0 unspecified atom stereocenters. The van der Waals surface area contributed by atoms with E-state index in [9.17, 15) is 9.59 Å². The molecule has 0 aromatic heterocycles. The van der Waals surface area contributed by atoms with Crippen LogP contribution in [-0.2, 0) is 4.79 Å². The molecule has 0 fully saturated rings. The van der Waals surface area contributed by atoms with Gasteiger partial charge in [-0.1, -0.05) is 15.9 Å². The number of rotatable bonds is 5. The van der Waals surface area contributed by atoms with Crippen molar-refractivity contribution in [3.05, 3.63) is 63.8 Å². The standard InChI is InChI=1S/C20H20BrN3O4/c1-11-17(19(25)23-13-6-4-12(21)5-7-13)18(24-20(26)22-11)15-10-14(27-2)8-9-16(15)28-3/h4-10,18H,1-3H3,(H,23,25)(H2,22,24,26)/t18-/m0/s1. The van der Waals surface area contributed by atoms with Crippen LogP contribution in [0.5, 0.6) is 11.5 Å². The summed E-state index contributed by atoms with van der Waals surface area (Å²) < 4.78 is 11.6. The monoisotopic (exact) mass is 445 g/mol. The number of amides is 3. The molecule has 2 aromatic carbocycles. The number of nitrogens with one attached hydrogen (secondary N) is 3. The molecular weight excluding hydrogens is 426 g/mol. The summed E-state index contributed by atoms with van der Waals surface area (Å²) in [4.78, 5) is 25.2. The minimum atomic E-state index is -0.700. The molecule has 7 nitrogen and oxygen atoms in total. The molecule has 1 heterocycles. The second-order valence-corrected chi connectivity index (χ2v) is 7.05. The third kappa shape index (κ3) is 4.12. The Morgan fingerprint density at radius 1 is 1.11 bits per heavy atom. The van der Waals surface area contributed by atoms with Crippen molar-refractivity contribution < 1.29 is 19.1 Å². The molecule has 0 bridgehead atoms. The fourth-order valence-electron chi connectivity index (χ4n) is 3.02. The van der Waals surface area contributed by atoms with Gasteiger partial charge in [0, 0.05) is 21.4 Å². The Balaban J connectivity index is 2.01. The van der Waals surface area contributed by atoms with E-state index in [1.54, 1.807) is 44.4 Å². The van der Waals surface area contributed by atoms with Crippen LogP contribution in [-0.4, -0.2) is 26.2 Å². The summed E-state index contributed by atoms with van der Waals surface area (Å²) in [5.41, 5.74) is 2.11. The van der Waals surface area contributed by atoms with Crippen LogP contribution in [0, 0.1) is 0 Å². The number of carbonyl (C=O) groups is 2. The lowest BCUT2D eigenvalue weighted by Gasteiger charge is -2.29. The quantitative estimate of drug-likeness (QED) is 0.653. The molecule has 0 spiro atoms. The van der Waals surface area contributed by atoms with Gasteiger partial charge in [-0.2, -0.15) is 0 Å². The molecule has 3 N–H and O–H groups in total. The number of methoxy groups -OCH3 is 2. The summed E-state index contributed by atoms with van der Waals surface area (Å²) in [6, 6.07) is 11.4. The van der Waals surface area contributed by atoms with Gasteiger partial charge >= 0.3 is 6.03 Å². The molecule has 1 atom stereocenters. The number of halogens is 1. The minimum Gasteiger partial charge on any atom is -0.497 e. The van der Waals surface area contributed by atoms with E-state index in [1.807, 2.05) is 12.1 Å². The summed E-state index contributed by atoms with van der Waals surface area (Å²) >= 11 is 3.37. The van der Waals surface area contributed by atoms with Gasteiger partial charge in [0.2, 0.25) is 0 Å². The lowest BCUT2D eigenvalue weighted by molar-refractivity contribution is -0.113. The average Bonchev–Trinajstić information content (AvgIpc) is 2.68. The number of carbonyl (C=O) groups excluding carboxylic acids is 2. The van der Waals surface area contributed by atoms with Crippen LogP contribution >= 0.6 is 15.9 Å². The summed E-state index contributed by atoms with van der Waals surface area (Å²) in [6.07, 6.45) is 0. The predicted molar refractivity (Wildman–Crippen MR) is 109 cm³/mol. The molecule has 3 amide bonds. The van der Waals surface area contributed by atoms with Crippen LogP contribution in [0.15, 0.2) is 58.2 Å². The van der Waals surface area contributed by atoms with Crippen LogP contribution in [0.4, 0.5) is 10.5 Å². The number of ether oxygens (including phenoxy) is 2. The van der Waals surface area contributed by atoms with Crippen LogP contribution in [0.1, 0.15) is 18.5 Å². The summed E-state index contributed by atoms with van der Waals surface area (Å²) in [6.45, 7) is 1.69. The zero-order valence-electron chi connectivity index (χ0n) is 15.6. The van der Waals surface area contributed by atoms with Gasteiger partial charge in [-0.25, -0.2) is 4.79 Å².